The van der Waals surface area contributed by atoms with Crippen molar-refractivity contribution in [1.82, 2.24) is 4.57 Å². The number of carbonyl (C=O) groups excluding carboxylic acids is 1. The van der Waals surface area contributed by atoms with Crippen LogP contribution >= 0.6 is 11.6 Å². The second-order valence-corrected chi connectivity index (χ2v) is 5.69. The van der Waals surface area contributed by atoms with E-state index in [4.69, 9.17) is 11.6 Å². The quantitative estimate of drug-likeness (QED) is 0.750. The van der Waals surface area contributed by atoms with Crippen LogP contribution in [0.15, 0.2) is 48.5 Å². The van der Waals surface area contributed by atoms with Crippen molar-refractivity contribution in [2.45, 2.75) is 13.3 Å². The Morgan fingerprint density at radius 3 is 2.73 bits per heavy atom. The molecule has 0 atom stereocenters. The molecule has 0 aliphatic heterocycles. The lowest BCUT2D eigenvalue weighted by Crippen LogP contribution is -2.16. The summed E-state index contributed by atoms with van der Waals surface area (Å²) in [4.78, 5) is 12.6. The van der Waals surface area contributed by atoms with Crippen LogP contribution in [0.4, 0.5) is 5.69 Å². The number of carbonyl (C=O) groups is 1. The highest BCUT2D eigenvalue weighted by Crippen LogP contribution is 2.24. The zero-order valence-corrected chi connectivity index (χ0v) is 13.3. The molecule has 3 nitrogen and oxygen atoms in total. The summed E-state index contributed by atoms with van der Waals surface area (Å²) in [6.45, 7) is 2.07. The number of aromatic nitrogens is 1. The molecule has 1 heterocycles. The second-order valence-electron chi connectivity index (χ2n) is 5.26. The van der Waals surface area contributed by atoms with Crippen LogP contribution in [0.5, 0.6) is 0 Å². The van der Waals surface area contributed by atoms with Crippen molar-refractivity contribution in [3.05, 3.63) is 64.8 Å². The Morgan fingerprint density at radius 1 is 1.18 bits per heavy atom. The second kappa shape index (κ2) is 5.85. The molecule has 1 amide bonds. The van der Waals surface area contributed by atoms with Crippen molar-refractivity contribution < 1.29 is 4.79 Å². The zero-order valence-electron chi connectivity index (χ0n) is 12.6. The molecule has 0 saturated carbocycles. The van der Waals surface area contributed by atoms with E-state index in [-0.39, 0.29) is 5.91 Å². The van der Waals surface area contributed by atoms with E-state index in [0.717, 1.165) is 28.6 Å². The van der Waals surface area contributed by atoms with Crippen molar-refractivity contribution in [3.63, 3.8) is 0 Å². The molecule has 0 radical (unpaired) electrons. The lowest BCUT2D eigenvalue weighted by molar-refractivity contribution is 0.101. The van der Waals surface area contributed by atoms with Gasteiger partial charge in [0.15, 0.2) is 0 Å². The van der Waals surface area contributed by atoms with Crippen LogP contribution in [-0.4, -0.2) is 10.5 Å². The van der Waals surface area contributed by atoms with E-state index in [1.165, 1.54) is 0 Å². The number of rotatable bonds is 3. The Kier molecular flexibility index (Phi) is 3.90. The van der Waals surface area contributed by atoms with E-state index in [2.05, 4.69) is 12.2 Å². The van der Waals surface area contributed by atoms with Crippen LogP contribution < -0.4 is 5.32 Å². The maximum atomic E-state index is 12.6. The largest absolute Gasteiger partial charge is 0.340 e. The van der Waals surface area contributed by atoms with Crippen LogP contribution in [0.2, 0.25) is 5.02 Å². The molecule has 0 bridgehead atoms. The average molecular weight is 313 g/mol. The molecule has 0 unspecified atom stereocenters. The van der Waals surface area contributed by atoms with Gasteiger partial charge in [0.2, 0.25) is 0 Å². The topological polar surface area (TPSA) is 34.0 Å². The number of amides is 1. The van der Waals surface area contributed by atoms with Crippen molar-refractivity contribution in [2.24, 2.45) is 7.05 Å². The smallest absolute Gasteiger partial charge is 0.272 e. The molecule has 0 aliphatic carbocycles. The van der Waals surface area contributed by atoms with Crippen LogP contribution in [0.1, 0.15) is 23.0 Å². The Morgan fingerprint density at radius 2 is 1.95 bits per heavy atom. The molecule has 1 aromatic heterocycles. The van der Waals surface area contributed by atoms with Gasteiger partial charge < -0.3 is 9.88 Å². The van der Waals surface area contributed by atoms with Gasteiger partial charge in [0.1, 0.15) is 5.69 Å². The summed E-state index contributed by atoms with van der Waals surface area (Å²) < 4.78 is 1.87. The van der Waals surface area contributed by atoms with Gasteiger partial charge in [-0.05, 0) is 36.2 Å². The van der Waals surface area contributed by atoms with Gasteiger partial charge in [-0.15, -0.1) is 0 Å². The van der Waals surface area contributed by atoms with Gasteiger partial charge >= 0.3 is 0 Å². The summed E-state index contributed by atoms with van der Waals surface area (Å²) in [6.07, 6.45) is 0.876. The standard InChI is InChI=1S/C18H17ClN2O/c1-3-12-6-4-5-7-15(12)20-18(22)17-10-13-8-9-14(19)11-16(13)21(17)2/h4-11H,3H2,1-2H3,(H,20,22). The highest BCUT2D eigenvalue weighted by atomic mass is 35.5. The Hall–Kier alpha value is -2.26. The molecule has 0 saturated heterocycles. The maximum Gasteiger partial charge on any atom is 0.272 e. The number of benzene rings is 2. The van der Waals surface area contributed by atoms with Crippen molar-refractivity contribution in [1.29, 1.82) is 0 Å². The summed E-state index contributed by atoms with van der Waals surface area (Å²) in [5.74, 6) is -0.115. The summed E-state index contributed by atoms with van der Waals surface area (Å²) in [6, 6.07) is 15.4. The molecule has 1 N–H and O–H groups in total. The minimum atomic E-state index is -0.115. The maximum absolute atomic E-state index is 12.6. The number of fused-ring (bicyclic) bond motifs is 1. The summed E-state index contributed by atoms with van der Waals surface area (Å²) in [5, 5.41) is 4.67. The van der Waals surface area contributed by atoms with Crippen molar-refractivity contribution in [2.75, 3.05) is 5.32 Å². The third-order valence-corrected chi connectivity index (χ3v) is 4.12. The van der Waals surface area contributed by atoms with Crippen LogP contribution in [-0.2, 0) is 13.5 Å². The third-order valence-electron chi connectivity index (χ3n) is 3.89. The van der Waals surface area contributed by atoms with Crippen LogP contribution in [0.25, 0.3) is 10.9 Å². The minimum absolute atomic E-state index is 0.115. The van der Waals surface area contributed by atoms with E-state index in [1.54, 1.807) is 0 Å². The fourth-order valence-electron chi connectivity index (χ4n) is 2.66. The number of nitrogens with one attached hydrogen (secondary N) is 1. The van der Waals surface area contributed by atoms with Gasteiger partial charge in [0.05, 0.1) is 0 Å². The molecule has 2 aromatic carbocycles. The monoisotopic (exact) mass is 312 g/mol. The SMILES string of the molecule is CCc1ccccc1NC(=O)c1cc2ccc(Cl)cc2n1C. The van der Waals surface area contributed by atoms with Gasteiger partial charge in [-0.2, -0.15) is 0 Å². The molecular weight excluding hydrogens is 296 g/mol. The first-order valence-electron chi connectivity index (χ1n) is 7.24. The van der Waals surface area contributed by atoms with Crippen molar-refractivity contribution in [3.8, 4) is 0 Å². The minimum Gasteiger partial charge on any atom is -0.340 e. The summed E-state index contributed by atoms with van der Waals surface area (Å²) >= 11 is 6.03. The van der Waals surface area contributed by atoms with Gasteiger partial charge in [-0.25, -0.2) is 0 Å². The first-order chi connectivity index (χ1) is 10.6. The lowest BCUT2D eigenvalue weighted by atomic mass is 10.1. The number of halogens is 1. The Balaban J connectivity index is 1.97. The summed E-state index contributed by atoms with van der Waals surface area (Å²) in [7, 11) is 1.87. The van der Waals surface area contributed by atoms with Crippen LogP contribution in [0, 0.1) is 0 Å². The Bertz CT molecular complexity index is 851. The number of hydrogen-bond donors (Lipinski definition) is 1. The lowest BCUT2D eigenvalue weighted by Gasteiger charge is -2.10. The molecule has 0 aliphatic rings. The molecule has 3 rings (SSSR count). The molecule has 4 heteroatoms. The Labute approximate surface area is 134 Å². The number of para-hydroxylation sites is 1. The van der Waals surface area contributed by atoms with Gasteiger partial charge in [-0.1, -0.05) is 42.8 Å². The first kappa shape index (κ1) is 14.7. The van der Waals surface area contributed by atoms with E-state index in [9.17, 15) is 4.79 Å². The normalized spacial score (nSPS) is 10.9. The van der Waals surface area contributed by atoms with Gasteiger partial charge in [0.25, 0.3) is 5.91 Å². The summed E-state index contributed by atoms with van der Waals surface area (Å²) in [5.41, 5.74) is 3.54. The van der Waals surface area contributed by atoms with E-state index in [1.807, 2.05) is 60.1 Å². The molecule has 0 spiro atoms. The molecule has 3 aromatic rings. The highest BCUT2D eigenvalue weighted by Gasteiger charge is 2.14. The predicted octanol–water partition coefficient (Wildman–Crippen LogP) is 4.65. The van der Waals surface area contributed by atoms with E-state index in [0.29, 0.717) is 10.7 Å². The first-order valence-corrected chi connectivity index (χ1v) is 7.62. The van der Waals surface area contributed by atoms with E-state index >= 15 is 0 Å². The van der Waals surface area contributed by atoms with Crippen LogP contribution in [0.3, 0.4) is 0 Å². The number of nitrogens with zero attached hydrogens (tertiary/aromatic N) is 1. The molecule has 22 heavy (non-hydrogen) atoms. The van der Waals surface area contributed by atoms with Gasteiger partial charge in [-0.3, -0.25) is 4.79 Å². The number of hydrogen-bond acceptors (Lipinski definition) is 1. The van der Waals surface area contributed by atoms with E-state index < -0.39 is 0 Å². The molecular formula is C18H17ClN2O. The predicted molar refractivity (Wildman–Crippen MR) is 91.7 cm³/mol. The zero-order chi connectivity index (χ0) is 15.7. The van der Waals surface area contributed by atoms with Crippen molar-refractivity contribution >= 4 is 34.1 Å². The number of anilines is 1. The fraction of sp³-hybridized carbons (Fsp3) is 0.167. The third kappa shape index (κ3) is 2.60. The highest BCUT2D eigenvalue weighted by molar-refractivity contribution is 6.31. The van der Waals surface area contributed by atoms with Gasteiger partial charge in [0, 0.05) is 28.7 Å². The molecule has 0 fully saturated rings. The average Bonchev–Trinajstić information content (AvgIpc) is 2.85. The fourth-order valence-corrected chi connectivity index (χ4v) is 2.82. The number of aryl methyl sites for hydroxylation is 2. The molecule has 112 valence electrons.